The number of hydrogen-bond donors (Lipinski definition) is 2. The Bertz CT molecular complexity index is 1800. The topological polar surface area (TPSA) is 129 Å². The smallest absolute Gasteiger partial charge is 0.252 e. The third kappa shape index (κ3) is 8.27. The van der Waals surface area contributed by atoms with Crippen molar-refractivity contribution in [2.75, 3.05) is 19.8 Å². The number of halogens is 3. The molecule has 0 spiro atoms. The summed E-state index contributed by atoms with van der Waals surface area (Å²) < 4.78 is 13.2. The third-order valence-electron chi connectivity index (χ3n) is 7.78. The first-order valence-electron chi connectivity index (χ1n) is 15.0. The summed E-state index contributed by atoms with van der Waals surface area (Å²) in [7, 11) is 0. The molecule has 0 radical (unpaired) electrons. The number of benzene rings is 4. The van der Waals surface area contributed by atoms with Crippen LogP contribution in [0.3, 0.4) is 0 Å². The van der Waals surface area contributed by atoms with Crippen LogP contribution >= 0.6 is 39.1 Å². The summed E-state index contributed by atoms with van der Waals surface area (Å²) in [5.41, 5.74) is 11.4. The van der Waals surface area contributed by atoms with Crippen molar-refractivity contribution in [2.45, 2.75) is 37.5 Å². The average molecular weight is 737 g/mol. The Morgan fingerprint density at radius 1 is 1.04 bits per heavy atom. The maximum atomic E-state index is 14.6. The van der Waals surface area contributed by atoms with E-state index in [1.54, 1.807) is 24.3 Å². The van der Waals surface area contributed by atoms with Gasteiger partial charge in [0.1, 0.15) is 5.75 Å². The van der Waals surface area contributed by atoms with Gasteiger partial charge in [-0.2, -0.15) is 0 Å². The molecule has 1 aliphatic rings. The summed E-state index contributed by atoms with van der Waals surface area (Å²) in [5.74, 6) is 0.592. The van der Waals surface area contributed by atoms with Crippen molar-refractivity contribution in [1.82, 2.24) is 5.32 Å². The van der Waals surface area contributed by atoms with Gasteiger partial charge in [0, 0.05) is 51.0 Å². The Morgan fingerprint density at radius 2 is 1.79 bits per heavy atom. The molecule has 0 saturated carbocycles. The minimum atomic E-state index is -1.45. The van der Waals surface area contributed by atoms with E-state index in [-0.39, 0.29) is 32.0 Å². The van der Waals surface area contributed by atoms with Crippen molar-refractivity contribution in [3.05, 3.63) is 144 Å². The van der Waals surface area contributed by atoms with Gasteiger partial charge in [0.15, 0.2) is 11.6 Å². The van der Waals surface area contributed by atoms with Crippen LogP contribution in [0.5, 0.6) is 5.75 Å². The number of aliphatic imine (C=N–C) groups is 1. The number of aliphatic hydroxyl groups excluding tert-OH is 1. The number of azide groups is 1. The van der Waals surface area contributed by atoms with E-state index in [1.165, 1.54) is 0 Å². The molecule has 242 valence electrons. The Balaban J connectivity index is 1.57. The van der Waals surface area contributed by atoms with Crippen LogP contribution in [-0.4, -0.2) is 42.2 Å². The van der Waals surface area contributed by atoms with E-state index in [1.807, 2.05) is 66.7 Å². The molecule has 2 N–H and O–H groups in total. The molecule has 1 heterocycles. The van der Waals surface area contributed by atoms with Crippen molar-refractivity contribution in [2.24, 2.45) is 10.1 Å². The van der Waals surface area contributed by atoms with Gasteiger partial charge in [-0.15, -0.1) is 0 Å². The highest BCUT2D eigenvalue weighted by molar-refractivity contribution is 9.10. The maximum Gasteiger partial charge on any atom is 0.252 e. The van der Waals surface area contributed by atoms with E-state index in [2.05, 4.69) is 31.3 Å². The molecule has 0 aromatic heterocycles. The van der Waals surface area contributed by atoms with E-state index < -0.39 is 11.6 Å². The lowest BCUT2D eigenvalue weighted by molar-refractivity contribution is -0.128. The van der Waals surface area contributed by atoms with Crippen LogP contribution in [0.2, 0.25) is 10.0 Å². The highest BCUT2D eigenvalue weighted by Gasteiger charge is 2.54. The van der Waals surface area contributed by atoms with Crippen LogP contribution in [0.15, 0.2) is 106 Å². The first kappa shape index (κ1) is 34.3. The van der Waals surface area contributed by atoms with Gasteiger partial charge in [-0.25, -0.2) is 4.99 Å². The minimum Gasteiger partial charge on any atom is -0.494 e. The molecule has 4 aromatic carbocycles. The molecule has 1 amide bonds. The van der Waals surface area contributed by atoms with Crippen molar-refractivity contribution in [3.8, 4) is 5.75 Å². The lowest BCUT2D eigenvalue weighted by Crippen LogP contribution is -2.50. The number of carbonyl (C=O) groups excluding carboxylic acids is 1. The Kier molecular flexibility index (Phi) is 11.8. The molecule has 1 aliphatic heterocycles. The average Bonchev–Trinajstić information content (AvgIpc) is 3.46. The van der Waals surface area contributed by atoms with Crippen LogP contribution in [-0.2, 0) is 28.9 Å². The Hall–Kier alpha value is -4.05. The predicted octanol–water partition coefficient (Wildman–Crippen LogP) is 8.19. The van der Waals surface area contributed by atoms with Gasteiger partial charge in [0.05, 0.1) is 13.2 Å². The second-order valence-electron chi connectivity index (χ2n) is 10.9. The molecular formula is C35H32BrCl2N5O4. The third-order valence-corrected chi connectivity index (χ3v) is 9.15. The fourth-order valence-corrected chi connectivity index (χ4v) is 6.35. The van der Waals surface area contributed by atoms with Crippen LogP contribution in [0.4, 0.5) is 0 Å². The standard InChI is InChI=1S/C35H32BrCl2N5O4/c36-30-9-4-2-6-25(30)21-35(34(45)40-17-16-23-10-13-27(37)20-31(23)38)32(29-8-3-1-7-26(29)22-41-43-39)47-33(42-35)24-11-14-28(15-12-24)46-19-5-18-44/h1-4,6-15,20,32,44H,5,16-19,21-22H2,(H,40,45)/t32-,35-/m1/s1. The second-order valence-corrected chi connectivity index (χ2v) is 12.6. The number of hydrogen-bond acceptors (Lipinski definition) is 6. The van der Waals surface area contributed by atoms with E-state index in [0.717, 1.165) is 21.2 Å². The highest BCUT2D eigenvalue weighted by atomic mass is 79.9. The van der Waals surface area contributed by atoms with E-state index in [9.17, 15) is 4.79 Å². The summed E-state index contributed by atoms with van der Waals surface area (Å²) >= 11 is 16.2. The van der Waals surface area contributed by atoms with Gasteiger partial charge < -0.3 is 19.9 Å². The molecule has 5 rings (SSSR count). The van der Waals surface area contributed by atoms with Crippen LogP contribution in [0.25, 0.3) is 10.4 Å². The lowest BCUT2D eigenvalue weighted by Gasteiger charge is -2.32. The molecule has 9 nitrogen and oxygen atoms in total. The quantitative estimate of drug-likeness (QED) is 0.0586. The van der Waals surface area contributed by atoms with Gasteiger partial charge in [0.25, 0.3) is 5.91 Å². The van der Waals surface area contributed by atoms with Crippen LogP contribution < -0.4 is 10.1 Å². The van der Waals surface area contributed by atoms with E-state index in [0.29, 0.717) is 52.3 Å². The van der Waals surface area contributed by atoms with Gasteiger partial charge in [-0.1, -0.05) is 92.8 Å². The van der Waals surface area contributed by atoms with Crippen molar-refractivity contribution >= 4 is 50.9 Å². The molecule has 47 heavy (non-hydrogen) atoms. The number of carbonyl (C=O) groups is 1. The summed E-state index contributed by atoms with van der Waals surface area (Å²) in [6.45, 7) is 0.784. The SMILES string of the molecule is [N-]=[N+]=NCc1ccccc1[C@H]1OC(c2ccc(OCCCO)cc2)=N[C@@]1(Cc1ccccc1Br)C(=O)NCCc1ccc(Cl)cc1Cl. The van der Waals surface area contributed by atoms with Crippen molar-refractivity contribution < 1.29 is 19.4 Å². The van der Waals surface area contributed by atoms with Gasteiger partial charge in [-0.3, -0.25) is 4.79 Å². The molecular weight excluding hydrogens is 705 g/mol. The zero-order chi connectivity index (χ0) is 33.2. The fourth-order valence-electron chi connectivity index (χ4n) is 5.42. The zero-order valence-corrected chi connectivity index (χ0v) is 28.4. The molecule has 4 aromatic rings. The molecule has 0 saturated heterocycles. The normalized spacial score (nSPS) is 16.9. The number of nitrogens with zero attached hydrogens (tertiary/aromatic N) is 4. The molecule has 0 fully saturated rings. The van der Waals surface area contributed by atoms with Crippen LogP contribution in [0.1, 0.15) is 40.3 Å². The lowest BCUT2D eigenvalue weighted by atomic mass is 9.80. The zero-order valence-electron chi connectivity index (χ0n) is 25.3. The van der Waals surface area contributed by atoms with Gasteiger partial charge in [0.2, 0.25) is 5.90 Å². The van der Waals surface area contributed by atoms with Crippen LogP contribution in [0, 0.1) is 0 Å². The molecule has 0 aliphatic carbocycles. The molecule has 12 heteroatoms. The minimum absolute atomic E-state index is 0.0414. The number of ether oxygens (including phenoxy) is 2. The number of amides is 1. The van der Waals surface area contributed by atoms with Gasteiger partial charge >= 0.3 is 0 Å². The number of rotatable bonds is 14. The molecule has 0 bridgehead atoms. The van der Waals surface area contributed by atoms with E-state index >= 15 is 0 Å². The first-order chi connectivity index (χ1) is 22.8. The second kappa shape index (κ2) is 16.2. The van der Waals surface area contributed by atoms with Crippen molar-refractivity contribution in [3.63, 3.8) is 0 Å². The van der Waals surface area contributed by atoms with Crippen molar-refractivity contribution in [1.29, 1.82) is 0 Å². The maximum absolute atomic E-state index is 14.6. The predicted molar refractivity (Wildman–Crippen MR) is 187 cm³/mol. The summed E-state index contributed by atoms with van der Waals surface area (Å²) in [4.78, 5) is 22.7. The Morgan fingerprint density at radius 3 is 2.51 bits per heavy atom. The van der Waals surface area contributed by atoms with E-state index in [4.69, 9.17) is 48.3 Å². The number of nitrogens with one attached hydrogen (secondary N) is 1. The monoisotopic (exact) mass is 735 g/mol. The molecule has 2 atom stereocenters. The largest absolute Gasteiger partial charge is 0.494 e. The van der Waals surface area contributed by atoms with Gasteiger partial charge in [-0.05, 0) is 76.7 Å². The fraction of sp³-hybridized carbons (Fsp3) is 0.257. The summed E-state index contributed by atoms with van der Waals surface area (Å²) in [6.07, 6.45) is 0.328. The number of aliphatic hydroxyl groups is 1. The summed E-state index contributed by atoms with van der Waals surface area (Å²) in [5, 5.41) is 17.1. The highest BCUT2D eigenvalue weighted by Crippen LogP contribution is 2.44. The Labute approximate surface area is 291 Å². The molecule has 0 unspecified atom stereocenters. The first-order valence-corrected chi connectivity index (χ1v) is 16.5. The summed E-state index contributed by atoms with van der Waals surface area (Å²) in [6, 6.07) is 27.7.